The van der Waals surface area contributed by atoms with Gasteiger partial charge in [0, 0.05) is 10.4 Å². The van der Waals surface area contributed by atoms with Crippen LogP contribution in [0.1, 0.15) is 29.0 Å². The predicted octanol–water partition coefficient (Wildman–Crippen LogP) is 5.26. The maximum absolute atomic E-state index is 14.2. The fraction of sp³-hybridized carbons (Fsp3) is 0.286. The maximum atomic E-state index is 14.2. The second-order valence-corrected chi connectivity index (χ2v) is 6.09. The van der Waals surface area contributed by atoms with Crippen molar-refractivity contribution in [2.75, 3.05) is 6.54 Å². The topological polar surface area (TPSA) is 12.0 Å². The Kier molecular flexibility index (Phi) is 4.91. The highest BCUT2D eigenvalue weighted by Gasteiger charge is 2.36. The summed E-state index contributed by atoms with van der Waals surface area (Å²) in [7, 11) is 0. The molecule has 0 bridgehead atoms. The van der Waals surface area contributed by atoms with Crippen molar-refractivity contribution in [3.8, 4) is 0 Å². The lowest BCUT2D eigenvalue weighted by Gasteiger charge is -2.19. The first-order chi connectivity index (χ1) is 9.84. The summed E-state index contributed by atoms with van der Waals surface area (Å²) in [6.45, 7) is 2.28. The lowest BCUT2D eigenvalue weighted by atomic mass is 10.0. The maximum Gasteiger partial charge on any atom is 0.419 e. The van der Waals surface area contributed by atoms with Gasteiger partial charge < -0.3 is 5.32 Å². The zero-order chi connectivity index (χ0) is 15.6. The van der Waals surface area contributed by atoms with Gasteiger partial charge in [-0.05, 0) is 24.7 Å². The predicted molar refractivity (Wildman–Crippen MR) is 76.3 cm³/mol. The molecule has 7 heteroatoms. The summed E-state index contributed by atoms with van der Waals surface area (Å²) >= 11 is 7.06. The summed E-state index contributed by atoms with van der Waals surface area (Å²) in [5.74, 6) is -1.25. The van der Waals surface area contributed by atoms with Gasteiger partial charge in [0.25, 0.3) is 0 Å². The van der Waals surface area contributed by atoms with Gasteiger partial charge >= 0.3 is 6.18 Å². The van der Waals surface area contributed by atoms with Gasteiger partial charge in [-0.25, -0.2) is 4.39 Å². The Balaban J connectivity index is 2.51. The summed E-state index contributed by atoms with van der Waals surface area (Å²) in [6.07, 6.45) is -4.72. The van der Waals surface area contributed by atoms with E-state index in [1.807, 2.05) is 0 Å². The average Bonchev–Trinajstić information content (AvgIpc) is 2.82. The summed E-state index contributed by atoms with van der Waals surface area (Å²) in [4.78, 5) is 0.667. The number of hydrogen-bond acceptors (Lipinski definition) is 2. The van der Waals surface area contributed by atoms with Crippen LogP contribution in [0.3, 0.4) is 0 Å². The molecule has 0 radical (unpaired) electrons. The van der Waals surface area contributed by atoms with Gasteiger partial charge in [-0.2, -0.15) is 13.2 Å². The van der Waals surface area contributed by atoms with E-state index in [1.165, 1.54) is 23.5 Å². The first-order valence-electron chi connectivity index (χ1n) is 6.18. The van der Waals surface area contributed by atoms with Crippen LogP contribution in [0.25, 0.3) is 0 Å². The van der Waals surface area contributed by atoms with Crippen LogP contribution >= 0.6 is 22.9 Å². The molecular weight excluding hydrogens is 326 g/mol. The van der Waals surface area contributed by atoms with Crippen LogP contribution in [0.4, 0.5) is 17.6 Å². The lowest BCUT2D eigenvalue weighted by Crippen LogP contribution is -2.23. The lowest BCUT2D eigenvalue weighted by molar-refractivity contribution is -0.140. The number of halogens is 5. The van der Waals surface area contributed by atoms with Crippen molar-refractivity contribution in [3.05, 3.63) is 56.5 Å². The van der Waals surface area contributed by atoms with E-state index in [0.717, 1.165) is 6.07 Å². The van der Waals surface area contributed by atoms with E-state index in [0.29, 0.717) is 15.8 Å². The fourth-order valence-corrected chi connectivity index (χ4v) is 3.20. The normalized spacial score (nSPS) is 13.4. The Hall–Kier alpha value is -1.11. The van der Waals surface area contributed by atoms with Crippen molar-refractivity contribution in [1.29, 1.82) is 0 Å². The van der Waals surface area contributed by atoms with Crippen LogP contribution in [0.15, 0.2) is 30.3 Å². The summed E-state index contributed by atoms with van der Waals surface area (Å²) in [5, 5.41) is 2.99. The Bertz CT molecular complexity index is 624. The SMILES string of the molecule is CCNC(c1ccc(Cl)s1)c1cccc(C(F)(F)F)c1F. The van der Waals surface area contributed by atoms with Crippen molar-refractivity contribution in [1.82, 2.24) is 5.32 Å². The van der Waals surface area contributed by atoms with Crippen LogP contribution in [-0.2, 0) is 6.18 Å². The Morgan fingerprint density at radius 3 is 2.48 bits per heavy atom. The molecular formula is C14H12ClF4NS. The van der Waals surface area contributed by atoms with Gasteiger partial charge in [0.1, 0.15) is 5.82 Å². The van der Waals surface area contributed by atoms with E-state index in [1.54, 1.807) is 19.1 Å². The molecule has 0 fully saturated rings. The third-order valence-corrected chi connectivity index (χ3v) is 4.23. The first-order valence-corrected chi connectivity index (χ1v) is 7.38. The van der Waals surface area contributed by atoms with Crippen molar-refractivity contribution in [2.45, 2.75) is 19.1 Å². The van der Waals surface area contributed by atoms with Crippen LogP contribution < -0.4 is 5.32 Å². The zero-order valence-corrected chi connectivity index (χ0v) is 12.5. The third kappa shape index (κ3) is 3.56. The van der Waals surface area contributed by atoms with Gasteiger partial charge in [-0.3, -0.25) is 0 Å². The number of hydrogen-bond donors (Lipinski definition) is 1. The zero-order valence-electron chi connectivity index (χ0n) is 11.0. The molecule has 21 heavy (non-hydrogen) atoms. The molecule has 1 aromatic heterocycles. The molecule has 0 aliphatic heterocycles. The largest absolute Gasteiger partial charge is 0.419 e. The minimum atomic E-state index is -4.72. The molecule has 0 aliphatic rings. The molecule has 0 saturated carbocycles. The van der Waals surface area contributed by atoms with Gasteiger partial charge in [0.05, 0.1) is 15.9 Å². The van der Waals surface area contributed by atoms with Gasteiger partial charge in [-0.1, -0.05) is 30.7 Å². The van der Waals surface area contributed by atoms with E-state index < -0.39 is 23.6 Å². The second kappa shape index (κ2) is 6.34. The standard InChI is InChI=1S/C14H12ClF4NS/c1-2-20-13(10-6-7-11(15)21-10)8-4-3-5-9(12(8)16)14(17,18)19/h3-7,13,20H,2H2,1H3. The van der Waals surface area contributed by atoms with E-state index in [2.05, 4.69) is 5.32 Å². The van der Waals surface area contributed by atoms with Crippen molar-refractivity contribution in [3.63, 3.8) is 0 Å². The molecule has 114 valence electrons. The number of benzene rings is 1. The molecule has 0 saturated heterocycles. The average molecular weight is 338 g/mol. The molecule has 1 heterocycles. The highest BCUT2D eigenvalue weighted by molar-refractivity contribution is 7.16. The molecule has 0 aliphatic carbocycles. The van der Waals surface area contributed by atoms with E-state index in [-0.39, 0.29) is 5.56 Å². The summed E-state index contributed by atoms with van der Waals surface area (Å²) in [6, 6.07) is 5.96. The molecule has 1 N–H and O–H groups in total. The van der Waals surface area contributed by atoms with E-state index in [9.17, 15) is 17.6 Å². The number of rotatable bonds is 4. The minimum absolute atomic E-state index is 0.0369. The molecule has 0 amide bonds. The van der Waals surface area contributed by atoms with E-state index in [4.69, 9.17) is 11.6 Å². The smallest absolute Gasteiger partial charge is 0.306 e. The minimum Gasteiger partial charge on any atom is -0.306 e. The van der Waals surface area contributed by atoms with Gasteiger partial charge in [0.2, 0.25) is 0 Å². The quantitative estimate of drug-likeness (QED) is 0.750. The van der Waals surface area contributed by atoms with Crippen LogP contribution in [-0.4, -0.2) is 6.54 Å². The third-order valence-electron chi connectivity index (χ3n) is 2.93. The molecule has 0 spiro atoms. The second-order valence-electron chi connectivity index (χ2n) is 4.34. The molecule has 2 aromatic rings. The van der Waals surface area contributed by atoms with E-state index >= 15 is 0 Å². The fourth-order valence-electron chi connectivity index (χ4n) is 2.04. The molecule has 1 nitrogen and oxygen atoms in total. The van der Waals surface area contributed by atoms with Crippen LogP contribution in [0, 0.1) is 5.82 Å². The molecule has 1 aromatic carbocycles. The Labute approximate surface area is 128 Å². The van der Waals surface area contributed by atoms with Crippen molar-refractivity contribution in [2.24, 2.45) is 0 Å². The van der Waals surface area contributed by atoms with Gasteiger partial charge in [0.15, 0.2) is 0 Å². The number of nitrogens with one attached hydrogen (secondary N) is 1. The van der Waals surface area contributed by atoms with Gasteiger partial charge in [-0.15, -0.1) is 11.3 Å². The Morgan fingerprint density at radius 1 is 1.24 bits per heavy atom. The highest BCUT2D eigenvalue weighted by Crippen LogP contribution is 2.37. The summed E-state index contributed by atoms with van der Waals surface area (Å²) in [5.41, 5.74) is -1.30. The number of thiophene rings is 1. The molecule has 2 rings (SSSR count). The highest BCUT2D eigenvalue weighted by atomic mass is 35.5. The van der Waals surface area contributed by atoms with Crippen molar-refractivity contribution >= 4 is 22.9 Å². The number of alkyl halides is 3. The van der Waals surface area contributed by atoms with Crippen LogP contribution in [0.5, 0.6) is 0 Å². The monoisotopic (exact) mass is 337 g/mol. The van der Waals surface area contributed by atoms with Crippen LogP contribution in [0.2, 0.25) is 4.34 Å². The van der Waals surface area contributed by atoms with Crippen molar-refractivity contribution < 1.29 is 17.6 Å². The molecule has 1 unspecified atom stereocenters. The Morgan fingerprint density at radius 2 is 1.95 bits per heavy atom. The first kappa shape index (κ1) is 16.3. The molecule has 1 atom stereocenters. The summed E-state index contributed by atoms with van der Waals surface area (Å²) < 4.78 is 53.2.